The number of carbonyl (C=O) groups is 2. The van der Waals surface area contributed by atoms with Crippen LogP contribution in [-0.2, 0) is 4.79 Å². The molecule has 1 heterocycles. The highest BCUT2D eigenvalue weighted by Gasteiger charge is 2.57. The molecule has 1 saturated heterocycles. The van der Waals surface area contributed by atoms with Crippen LogP contribution in [0.4, 0.5) is 4.79 Å². The minimum absolute atomic E-state index is 0.0319. The van der Waals surface area contributed by atoms with Gasteiger partial charge in [0.1, 0.15) is 5.54 Å². The lowest BCUT2D eigenvalue weighted by molar-refractivity contribution is -0.136. The largest absolute Gasteiger partial charge is 0.325 e. The number of nitrogens with one attached hydrogen (secondary N) is 1. The van der Waals surface area contributed by atoms with E-state index >= 15 is 0 Å². The number of rotatable bonds is 1. The van der Waals surface area contributed by atoms with Crippen LogP contribution in [0, 0.1) is 5.92 Å². The molecule has 0 aromatic carbocycles. The Morgan fingerprint density at radius 3 is 2.36 bits per heavy atom. The van der Waals surface area contributed by atoms with Crippen LogP contribution in [0.25, 0.3) is 0 Å². The fourth-order valence-corrected chi connectivity index (χ4v) is 2.52. The highest BCUT2D eigenvalue weighted by molar-refractivity contribution is 6.07. The Labute approximate surface area is 83.6 Å². The summed E-state index contributed by atoms with van der Waals surface area (Å²) in [6.45, 7) is 5.82. The van der Waals surface area contributed by atoms with Crippen LogP contribution < -0.4 is 5.32 Å². The predicted molar refractivity (Wildman–Crippen MR) is 51.6 cm³/mol. The zero-order chi connectivity index (χ0) is 10.5. The van der Waals surface area contributed by atoms with E-state index in [1.54, 1.807) is 0 Å². The van der Waals surface area contributed by atoms with Crippen molar-refractivity contribution >= 4 is 11.9 Å². The number of imide groups is 1. The van der Waals surface area contributed by atoms with Crippen molar-refractivity contribution in [2.24, 2.45) is 5.92 Å². The Morgan fingerprint density at radius 2 is 2.00 bits per heavy atom. The molecule has 0 atom stereocenters. The van der Waals surface area contributed by atoms with Gasteiger partial charge < -0.3 is 5.32 Å². The van der Waals surface area contributed by atoms with Crippen molar-refractivity contribution in [1.82, 2.24) is 10.2 Å². The summed E-state index contributed by atoms with van der Waals surface area (Å²) >= 11 is 0. The molecule has 2 aliphatic rings. The van der Waals surface area contributed by atoms with Crippen LogP contribution in [0.1, 0.15) is 33.6 Å². The van der Waals surface area contributed by atoms with Gasteiger partial charge in [-0.2, -0.15) is 0 Å². The lowest BCUT2D eigenvalue weighted by Crippen LogP contribution is -2.56. The fraction of sp³-hybridized carbons (Fsp3) is 0.800. The summed E-state index contributed by atoms with van der Waals surface area (Å²) < 4.78 is 0. The fourth-order valence-electron chi connectivity index (χ4n) is 2.52. The van der Waals surface area contributed by atoms with E-state index < -0.39 is 5.54 Å². The number of amides is 3. The van der Waals surface area contributed by atoms with Crippen LogP contribution in [0.3, 0.4) is 0 Å². The van der Waals surface area contributed by atoms with Gasteiger partial charge in [0.05, 0.1) is 0 Å². The second kappa shape index (κ2) is 2.72. The Kier molecular flexibility index (Phi) is 1.84. The van der Waals surface area contributed by atoms with Crippen LogP contribution in [0.5, 0.6) is 0 Å². The Bertz CT molecular complexity index is 292. The minimum atomic E-state index is -0.541. The first-order chi connectivity index (χ1) is 6.46. The van der Waals surface area contributed by atoms with E-state index in [-0.39, 0.29) is 18.0 Å². The van der Waals surface area contributed by atoms with Crippen molar-refractivity contribution in [2.75, 3.05) is 0 Å². The maximum absolute atomic E-state index is 11.9. The maximum atomic E-state index is 11.9. The summed E-state index contributed by atoms with van der Waals surface area (Å²) in [6.07, 6.45) is 1.58. The van der Waals surface area contributed by atoms with E-state index in [1.807, 2.05) is 13.8 Å². The molecule has 4 heteroatoms. The van der Waals surface area contributed by atoms with Gasteiger partial charge in [-0.3, -0.25) is 9.69 Å². The second-order valence-corrected chi connectivity index (χ2v) is 4.79. The van der Waals surface area contributed by atoms with E-state index in [1.165, 1.54) is 4.90 Å². The summed E-state index contributed by atoms with van der Waals surface area (Å²) in [4.78, 5) is 24.8. The summed E-state index contributed by atoms with van der Waals surface area (Å²) in [5, 5.41) is 2.82. The molecule has 78 valence electrons. The van der Waals surface area contributed by atoms with Gasteiger partial charge in [0.15, 0.2) is 0 Å². The molecule has 1 aliphatic heterocycles. The van der Waals surface area contributed by atoms with Gasteiger partial charge >= 0.3 is 6.03 Å². The number of hydrogen-bond acceptors (Lipinski definition) is 2. The smallest absolute Gasteiger partial charge is 0.323 e. The first-order valence-corrected chi connectivity index (χ1v) is 5.12. The summed E-state index contributed by atoms with van der Waals surface area (Å²) in [5.74, 6) is 0.516. The molecular weight excluding hydrogens is 180 g/mol. The van der Waals surface area contributed by atoms with Gasteiger partial charge in [0.2, 0.25) is 0 Å². The van der Waals surface area contributed by atoms with Crippen LogP contribution in [0.15, 0.2) is 0 Å². The molecule has 1 aliphatic carbocycles. The molecule has 1 saturated carbocycles. The lowest BCUT2D eigenvalue weighted by Gasteiger charge is -2.40. The molecule has 0 radical (unpaired) electrons. The highest BCUT2D eigenvalue weighted by Crippen LogP contribution is 2.42. The average molecular weight is 196 g/mol. The molecule has 0 bridgehead atoms. The van der Waals surface area contributed by atoms with Gasteiger partial charge in [-0.25, -0.2) is 4.79 Å². The Hall–Kier alpha value is -1.06. The zero-order valence-corrected chi connectivity index (χ0v) is 8.83. The molecule has 0 unspecified atom stereocenters. The number of hydrogen-bond donors (Lipinski definition) is 1. The summed E-state index contributed by atoms with van der Waals surface area (Å²) in [7, 11) is 0. The van der Waals surface area contributed by atoms with Crippen molar-refractivity contribution in [1.29, 1.82) is 0 Å². The summed E-state index contributed by atoms with van der Waals surface area (Å²) in [5.41, 5.74) is -0.541. The van der Waals surface area contributed by atoms with Gasteiger partial charge in [0.25, 0.3) is 5.91 Å². The third kappa shape index (κ3) is 1.06. The van der Waals surface area contributed by atoms with Crippen LogP contribution in [0.2, 0.25) is 0 Å². The second-order valence-electron chi connectivity index (χ2n) is 4.79. The summed E-state index contributed by atoms with van der Waals surface area (Å²) in [6, 6.07) is -0.269. The van der Waals surface area contributed by atoms with E-state index in [0.29, 0.717) is 5.92 Å². The van der Waals surface area contributed by atoms with Crippen LogP contribution in [-0.4, -0.2) is 28.4 Å². The van der Waals surface area contributed by atoms with Gasteiger partial charge in [-0.05, 0) is 32.6 Å². The molecule has 1 spiro atoms. The average Bonchev–Trinajstić information content (AvgIpc) is 2.22. The van der Waals surface area contributed by atoms with Crippen molar-refractivity contribution in [2.45, 2.75) is 45.2 Å². The first kappa shape index (κ1) is 9.49. The first-order valence-electron chi connectivity index (χ1n) is 5.12. The van der Waals surface area contributed by atoms with Gasteiger partial charge in [-0.1, -0.05) is 6.92 Å². The molecule has 0 aromatic heterocycles. The van der Waals surface area contributed by atoms with Gasteiger partial charge in [-0.15, -0.1) is 0 Å². The number of carbonyl (C=O) groups excluding carboxylic acids is 2. The third-order valence-electron chi connectivity index (χ3n) is 3.10. The van der Waals surface area contributed by atoms with E-state index in [9.17, 15) is 9.59 Å². The standard InChI is InChI=1S/C10H16N2O2/c1-6(2)12-8(13)10(11-9(12)14)4-7(3)5-10/h6-7H,4-5H2,1-3H3,(H,11,14). The topological polar surface area (TPSA) is 49.4 Å². The quantitative estimate of drug-likeness (QED) is 0.639. The maximum Gasteiger partial charge on any atom is 0.325 e. The van der Waals surface area contributed by atoms with E-state index in [4.69, 9.17) is 0 Å². The number of nitrogens with zero attached hydrogens (tertiary/aromatic N) is 1. The van der Waals surface area contributed by atoms with Crippen molar-refractivity contribution in [3.05, 3.63) is 0 Å². The Balaban J connectivity index is 2.20. The van der Waals surface area contributed by atoms with Crippen molar-refractivity contribution in [3.63, 3.8) is 0 Å². The third-order valence-corrected chi connectivity index (χ3v) is 3.10. The highest BCUT2D eigenvalue weighted by atomic mass is 16.2. The molecule has 2 fully saturated rings. The molecule has 3 amide bonds. The van der Waals surface area contributed by atoms with E-state index in [0.717, 1.165) is 12.8 Å². The van der Waals surface area contributed by atoms with Crippen molar-refractivity contribution in [3.8, 4) is 0 Å². The molecular formula is C10H16N2O2. The predicted octanol–water partition coefficient (Wildman–Crippen LogP) is 1.12. The molecule has 1 N–H and O–H groups in total. The molecule has 4 nitrogen and oxygen atoms in total. The van der Waals surface area contributed by atoms with Gasteiger partial charge in [0, 0.05) is 6.04 Å². The normalized spacial score (nSPS) is 36.6. The van der Waals surface area contributed by atoms with Crippen molar-refractivity contribution < 1.29 is 9.59 Å². The molecule has 0 aromatic rings. The monoisotopic (exact) mass is 196 g/mol. The van der Waals surface area contributed by atoms with Crippen LogP contribution >= 0.6 is 0 Å². The lowest BCUT2D eigenvalue weighted by atomic mass is 9.69. The molecule has 14 heavy (non-hydrogen) atoms. The zero-order valence-electron chi connectivity index (χ0n) is 8.83. The molecule has 2 rings (SSSR count). The minimum Gasteiger partial charge on any atom is -0.323 e. The SMILES string of the molecule is CC1CC2(C1)NC(=O)N(C(C)C)C2=O. The number of urea groups is 1. The Morgan fingerprint density at radius 1 is 1.43 bits per heavy atom. The van der Waals surface area contributed by atoms with E-state index in [2.05, 4.69) is 12.2 Å².